The van der Waals surface area contributed by atoms with E-state index >= 15 is 0 Å². The van der Waals surface area contributed by atoms with Crippen molar-refractivity contribution in [1.82, 2.24) is 20.9 Å². The van der Waals surface area contributed by atoms with E-state index in [0.29, 0.717) is 19.4 Å². The van der Waals surface area contributed by atoms with Crippen LogP contribution in [0.3, 0.4) is 0 Å². The van der Waals surface area contributed by atoms with E-state index in [9.17, 15) is 24.0 Å². The Morgan fingerprint density at radius 3 is 2.00 bits per heavy atom. The highest BCUT2D eigenvalue weighted by Gasteiger charge is 2.69. The van der Waals surface area contributed by atoms with Gasteiger partial charge < -0.3 is 20.9 Å². The fourth-order valence-electron chi connectivity index (χ4n) is 7.73. The number of hydrogen-bond acceptors (Lipinski definition) is 5. The molecule has 0 radical (unpaired) electrons. The summed E-state index contributed by atoms with van der Waals surface area (Å²) >= 11 is 0. The monoisotopic (exact) mass is 572 g/mol. The van der Waals surface area contributed by atoms with E-state index < -0.39 is 29.7 Å². The van der Waals surface area contributed by atoms with Crippen LogP contribution < -0.4 is 16.0 Å². The summed E-state index contributed by atoms with van der Waals surface area (Å²) in [6, 6.07) is -2.63. The molecule has 4 rings (SSSR count). The minimum absolute atomic E-state index is 0.0164. The number of hydrogen-bond donors (Lipinski definition) is 3. The average molecular weight is 573 g/mol. The second kappa shape index (κ2) is 13.2. The molecule has 0 aromatic carbocycles. The van der Waals surface area contributed by atoms with Gasteiger partial charge in [0.15, 0.2) is 5.78 Å². The Morgan fingerprint density at radius 2 is 1.39 bits per heavy atom. The number of amides is 4. The zero-order valence-corrected chi connectivity index (χ0v) is 25.7. The minimum Gasteiger partial charge on any atom is -0.344 e. The van der Waals surface area contributed by atoms with Crippen molar-refractivity contribution >= 4 is 29.4 Å². The summed E-state index contributed by atoms with van der Waals surface area (Å²) in [5.41, 5.74) is -0.365. The lowest BCUT2D eigenvalue weighted by molar-refractivity contribution is -0.143. The molecule has 0 unspecified atom stereocenters. The number of rotatable bonds is 4. The SMILES string of the molecule is CC(=O)C(=O)[C@@H]1CCCCCCCCCC[C@H](NC(=O)NC2(C)CCCCC2)C(=O)N2C[C@H]3[C@@H]([C@H]2C(=O)N1)C3(C)C. The topological polar surface area (TPSA) is 125 Å². The Bertz CT molecular complexity index is 1000. The zero-order valence-electron chi connectivity index (χ0n) is 25.7. The van der Waals surface area contributed by atoms with Gasteiger partial charge in [-0.15, -0.1) is 0 Å². The molecule has 4 amide bonds. The summed E-state index contributed by atoms with van der Waals surface area (Å²) in [4.78, 5) is 67.5. The van der Waals surface area contributed by atoms with Crippen LogP contribution in [0.15, 0.2) is 0 Å². The average Bonchev–Trinajstić information content (AvgIpc) is 3.22. The number of ketones is 2. The molecule has 4 aliphatic rings. The number of piperidine rings is 1. The third-order valence-electron chi connectivity index (χ3n) is 10.5. The molecule has 2 heterocycles. The van der Waals surface area contributed by atoms with Gasteiger partial charge in [0.25, 0.3) is 0 Å². The Balaban J connectivity index is 1.55. The summed E-state index contributed by atoms with van der Waals surface area (Å²) in [5, 5.41) is 9.04. The molecule has 2 aliphatic heterocycles. The number of nitrogens with zero attached hydrogens (tertiary/aromatic N) is 1. The molecule has 0 aromatic heterocycles. The summed E-state index contributed by atoms with van der Waals surface area (Å²) in [5.74, 6) is -1.56. The minimum atomic E-state index is -0.871. The van der Waals surface area contributed by atoms with Crippen LogP contribution in [0.5, 0.6) is 0 Å². The van der Waals surface area contributed by atoms with E-state index in [2.05, 4.69) is 36.7 Å². The van der Waals surface area contributed by atoms with Crippen LogP contribution in [0.25, 0.3) is 0 Å². The highest BCUT2D eigenvalue weighted by molar-refractivity contribution is 6.38. The largest absolute Gasteiger partial charge is 0.344 e. The maximum atomic E-state index is 14.1. The van der Waals surface area contributed by atoms with Crippen LogP contribution in [-0.4, -0.2) is 64.5 Å². The van der Waals surface area contributed by atoms with Crippen LogP contribution in [0.1, 0.15) is 124 Å². The molecule has 5 atom stereocenters. The third-order valence-corrected chi connectivity index (χ3v) is 10.5. The maximum absolute atomic E-state index is 14.1. The highest BCUT2D eigenvalue weighted by Crippen LogP contribution is 2.65. The van der Waals surface area contributed by atoms with Gasteiger partial charge in [-0.1, -0.05) is 84.5 Å². The molecular weight excluding hydrogens is 520 g/mol. The first kappa shape index (κ1) is 31.5. The van der Waals surface area contributed by atoms with Crippen LogP contribution in [0.2, 0.25) is 0 Å². The van der Waals surface area contributed by atoms with E-state index in [-0.39, 0.29) is 40.6 Å². The van der Waals surface area contributed by atoms with Crippen molar-refractivity contribution in [2.45, 2.75) is 148 Å². The van der Waals surface area contributed by atoms with E-state index in [1.54, 1.807) is 4.90 Å². The quantitative estimate of drug-likeness (QED) is 0.430. The summed E-state index contributed by atoms with van der Waals surface area (Å²) in [6.07, 6.45) is 14.0. The molecule has 4 fully saturated rings. The summed E-state index contributed by atoms with van der Waals surface area (Å²) < 4.78 is 0. The van der Waals surface area contributed by atoms with Gasteiger partial charge in [-0.3, -0.25) is 19.2 Å². The van der Waals surface area contributed by atoms with E-state index in [1.165, 1.54) is 13.3 Å². The number of carbonyl (C=O) groups is 5. The van der Waals surface area contributed by atoms with Crippen molar-refractivity contribution in [2.75, 3.05) is 6.54 Å². The molecule has 9 nitrogen and oxygen atoms in total. The van der Waals surface area contributed by atoms with Crippen molar-refractivity contribution in [2.24, 2.45) is 17.3 Å². The Kier molecular flexibility index (Phi) is 10.2. The van der Waals surface area contributed by atoms with Crippen LogP contribution in [0.4, 0.5) is 4.79 Å². The summed E-state index contributed by atoms with van der Waals surface area (Å²) in [7, 11) is 0. The standard InChI is InChI=1S/C32H52N4O5/c1-21(37)27(38)23-16-12-9-7-5-6-8-10-13-17-24(34-30(41)35-32(4)18-14-11-15-19-32)29(40)36-20-22-25(31(22,2)3)26(36)28(39)33-23/h22-26H,5-20H2,1-4H3,(H,33,39)(H2,34,35,41)/t22-,23-,24-,25-,26-/m0/s1. The fraction of sp³-hybridized carbons (Fsp3) is 0.844. The smallest absolute Gasteiger partial charge is 0.315 e. The molecule has 2 aliphatic carbocycles. The van der Waals surface area contributed by atoms with Crippen molar-refractivity contribution in [3.8, 4) is 0 Å². The predicted molar refractivity (Wildman–Crippen MR) is 157 cm³/mol. The normalized spacial score (nSPS) is 32.5. The molecule has 0 spiro atoms. The second-order valence-electron chi connectivity index (χ2n) is 14.0. The van der Waals surface area contributed by atoms with Gasteiger partial charge >= 0.3 is 6.03 Å². The van der Waals surface area contributed by atoms with Crippen molar-refractivity contribution < 1.29 is 24.0 Å². The van der Waals surface area contributed by atoms with E-state index in [1.807, 2.05) is 0 Å². The number of urea groups is 1. The maximum Gasteiger partial charge on any atom is 0.315 e. The van der Waals surface area contributed by atoms with Gasteiger partial charge in [0.05, 0.1) is 6.04 Å². The molecule has 3 N–H and O–H groups in total. The number of nitrogens with one attached hydrogen (secondary N) is 3. The van der Waals surface area contributed by atoms with Gasteiger partial charge in [0, 0.05) is 19.0 Å². The molecule has 2 saturated carbocycles. The molecule has 41 heavy (non-hydrogen) atoms. The number of fused-ring (bicyclic) bond motifs is 3. The van der Waals surface area contributed by atoms with E-state index in [4.69, 9.17) is 0 Å². The summed E-state index contributed by atoms with van der Waals surface area (Å²) in [6.45, 7) is 8.01. The first-order chi connectivity index (χ1) is 19.4. The number of carbonyl (C=O) groups excluding carboxylic acids is 5. The van der Waals surface area contributed by atoms with E-state index in [0.717, 1.165) is 77.0 Å². The predicted octanol–water partition coefficient (Wildman–Crippen LogP) is 4.42. The lowest BCUT2D eigenvalue weighted by Crippen LogP contribution is -2.60. The Morgan fingerprint density at radius 1 is 0.829 bits per heavy atom. The van der Waals surface area contributed by atoms with Gasteiger partial charge in [-0.25, -0.2) is 4.79 Å². The van der Waals surface area contributed by atoms with Crippen LogP contribution in [-0.2, 0) is 19.2 Å². The van der Waals surface area contributed by atoms with Crippen molar-refractivity contribution in [1.29, 1.82) is 0 Å². The first-order valence-corrected chi connectivity index (χ1v) is 16.2. The fourth-order valence-corrected chi connectivity index (χ4v) is 7.73. The van der Waals surface area contributed by atoms with Crippen LogP contribution >= 0.6 is 0 Å². The van der Waals surface area contributed by atoms with Crippen molar-refractivity contribution in [3.05, 3.63) is 0 Å². The molecule has 0 bridgehead atoms. The first-order valence-electron chi connectivity index (χ1n) is 16.2. The lowest BCUT2D eigenvalue weighted by Gasteiger charge is -2.36. The molecule has 9 heteroatoms. The molecule has 0 aromatic rings. The lowest BCUT2D eigenvalue weighted by atomic mass is 9.83. The van der Waals surface area contributed by atoms with Crippen molar-refractivity contribution in [3.63, 3.8) is 0 Å². The highest BCUT2D eigenvalue weighted by atomic mass is 16.2. The van der Waals surface area contributed by atoms with Crippen LogP contribution in [0, 0.1) is 17.3 Å². The third kappa shape index (κ3) is 7.50. The Hall–Kier alpha value is -2.45. The molecule has 230 valence electrons. The molecular formula is C32H52N4O5. The zero-order chi connectivity index (χ0) is 29.8. The van der Waals surface area contributed by atoms with Gasteiger partial charge in [0.2, 0.25) is 17.6 Å². The Labute approximate surface area is 245 Å². The molecule has 2 saturated heterocycles. The van der Waals surface area contributed by atoms with Gasteiger partial charge in [-0.2, -0.15) is 0 Å². The second-order valence-corrected chi connectivity index (χ2v) is 14.0. The van der Waals surface area contributed by atoms with Gasteiger partial charge in [0.1, 0.15) is 12.1 Å². The van der Waals surface area contributed by atoms with Gasteiger partial charge in [-0.05, 0) is 49.9 Å². The number of Topliss-reactive ketones (excluding diaryl/α,β-unsaturated/α-hetero) is 2.